The van der Waals surface area contributed by atoms with Crippen molar-refractivity contribution in [3.63, 3.8) is 0 Å². The molecule has 0 atom stereocenters. The van der Waals surface area contributed by atoms with Gasteiger partial charge in [-0.25, -0.2) is 0 Å². The number of carbonyl (C=O) groups is 2. The minimum absolute atomic E-state index is 0.0195. The van der Waals surface area contributed by atoms with Gasteiger partial charge in [0.1, 0.15) is 0 Å². The Balaban J connectivity index is 1.91. The first-order valence-corrected chi connectivity index (χ1v) is 8.78. The fraction of sp³-hybridized carbons (Fsp3) is 0.333. The fourth-order valence-corrected chi connectivity index (χ4v) is 2.70. The average molecular weight is 353 g/mol. The Morgan fingerprint density at radius 2 is 1.42 bits per heavy atom. The highest BCUT2D eigenvalue weighted by atomic mass is 16.2. The van der Waals surface area contributed by atoms with E-state index in [0.29, 0.717) is 0 Å². The molecule has 2 aromatic carbocycles. The first-order valence-electron chi connectivity index (χ1n) is 8.78. The molecule has 26 heavy (non-hydrogen) atoms. The molecule has 0 aliphatic rings. The molecule has 0 spiro atoms. The highest BCUT2D eigenvalue weighted by molar-refractivity contribution is 5.95. The van der Waals surface area contributed by atoms with Crippen molar-refractivity contribution in [3.8, 4) is 0 Å². The molecular weight excluding hydrogens is 326 g/mol. The lowest BCUT2D eigenvalue weighted by atomic mass is 10.1. The molecule has 2 rings (SSSR count). The van der Waals surface area contributed by atoms with Gasteiger partial charge in [-0.1, -0.05) is 31.5 Å². The van der Waals surface area contributed by atoms with Crippen molar-refractivity contribution >= 4 is 28.9 Å². The van der Waals surface area contributed by atoms with Crippen molar-refractivity contribution in [1.29, 1.82) is 0 Å². The smallest absolute Gasteiger partial charge is 0.243 e. The molecule has 0 saturated carbocycles. The van der Waals surface area contributed by atoms with Crippen molar-refractivity contribution in [2.45, 2.75) is 34.6 Å². The van der Waals surface area contributed by atoms with Gasteiger partial charge in [0.15, 0.2) is 0 Å². The van der Waals surface area contributed by atoms with Crippen LogP contribution in [0, 0.1) is 26.7 Å². The van der Waals surface area contributed by atoms with E-state index >= 15 is 0 Å². The molecule has 2 amide bonds. The third-order valence-electron chi connectivity index (χ3n) is 4.07. The van der Waals surface area contributed by atoms with Gasteiger partial charge in [-0.15, -0.1) is 0 Å². The van der Waals surface area contributed by atoms with Gasteiger partial charge in [-0.2, -0.15) is 0 Å². The summed E-state index contributed by atoms with van der Waals surface area (Å²) in [5, 5.41) is 8.90. The molecule has 5 heteroatoms. The van der Waals surface area contributed by atoms with Gasteiger partial charge in [-0.3, -0.25) is 9.59 Å². The minimum Gasteiger partial charge on any atom is -0.376 e. The number of anilines is 3. The molecule has 0 unspecified atom stereocenters. The van der Waals surface area contributed by atoms with Crippen LogP contribution in [0.5, 0.6) is 0 Å². The van der Waals surface area contributed by atoms with Crippen molar-refractivity contribution < 1.29 is 9.59 Å². The second-order valence-electron chi connectivity index (χ2n) is 6.90. The molecule has 0 saturated heterocycles. The van der Waals surface area contributed by atoms with Crippen molar-refractivity contribution in [3.05, 3.63) is 53.1 Å². The van der Waals surface area contributed by atoms with Crippen LogP contribution in [0.2, 0.25) is 0 Å². The number of hydrogen-bond acceptors (Lipinski definition) is 3. The van der Waals surface area contributed by atoms with Gasteiger partial charge in [0.2, 0.25) is 11.8 Å². The second-order valence-corrected chi connectivity index (χ2v) is 6.90. The summed E-state index contributed by atoms with van der Waals surface area (Å²) in [5.41, 5.74) is 5.72. The van der Waals surface area contributed by atoms with E-state index in [1.807, 2.05) is 58.9 Å². The zero-order valence-electron chi connectivity index (χ0n) is 16.1. The molecule has 0 bridgehead atoms. The predicted octanol–water partition coefficient (Wildman–Crippen LogP) is 4.26. The van der Waals surface area contributed by atoms with Crippen molar-refractivity contribution in [2.75, 3.05) is 22.5 Å². The molecular formula is C21H27N3O2. The lowest BCUT2D eigenvalue weighted by molar-refractivity contribution is -0.119. The average Bonchev–Trinajstić information content (AvgIpc) is 2.57. The maximum absolute atomic E-state index is 12.2. The number of hydrogen-bond donors (Lipinski definition) is 3. The quantitative estimate of drug-likeness (QED) is 0.727. The van der Waals surface area contributed by atoms with E-state index < -0.39 is 0 Å². The Hall–Kier alpha value is -2.82. The zero-order chi connectivity index (χ0) is 19.3. The van der Waals surface area contributed by atoms with Crippen LogP contribution in [0.25, 0.3) is 0 Å². The number of amides is 2. The van der Waals surface area contributed by atoms with E-state index in [0.717, 1.165) is 28.2 Å². The molecule has 5 nitrogen and oxygen atoms in total. The summed E-state index contributed by atoms with van der Waals surface area (Å²) in [6.45, 7) is 9.90. The Morgan fingerprint density at radius 1 is 0.885 bits per heavy atom. The second kappa shape index (κ2) is 8.52. The van der Waals surface area contributed by atoms with Crippen molar-refractivity contribution in [1.82, 2.24) is 0 Å². The third kappa shape index (κ3) is 5.34. The van der Waals surface area contributed by atoms with Gasteiger partial charge in [0.05, 0.1) is 6.54 Å². The lowest BCUT2D eigenvalue weighted by Gasteiger charge is -2.14. The van der Waals surface area contributed by atoms with Gasteiger partial charge < -0.3 is 16.0 Å². The summed E-state index contributed by atoms with van der Waals surface area (Å²) >= 11 is 0. The molecule has 2 aromatic rings. The lowest BCUT2D eigenvalue weighted by Crippen LogP contribution is -2.22. The molecule has 0 fully saturated rings. The normalized spacial score (nSPS) is 10.5. The van der Waals surface area contributed by atoms with Crippen LogP contribution in [-0.2, 0) is 9.59 Å². The third-order valence-corrected chi connectivity index (χ3v) is 4.07. The van der Waals surface area contributed by atoms with Gasteiger partial charge in [0, 0.05) is 23.0 Å². The maximum Gasteiger partial charge on any atom is 0.243 e. The molecule has 0 heterocycles. The summed E-state index contributed by atoms with van der Waals surface area (Å²) in [5.74, 6) is -0.184. The SMILES string of the molecule is Cc1cc(C)c(NC(=O)CNc2ccc(NC(=O)C(C)C)cc2)c(C)c1. The van der Waals surface area contributed by atoms with Crippen LogP contribution < -0.4 is 16.0 Å². The Bertz CT molecular complexity index is 772. The number of aryl methyl sites for hydroxylation is 3. The van der Waals surface area contributed by atoms with Crippen LogP contribution in [0.3, 0.4) is 0 Å². The fourth-order valence-electron chi connectivity index (χ4n) is 2.70. The standard InChI is InChI=1S/C21H27N3O2/c1-13(2)21(26)23-18-8-6-17(7-9-18)22-12-19(25)24-20-15(4)10-14(3)11-16(20)5/h6-11,13,22H,12H2,1-5H3,(H,23,26)(H,24,25). The number of carbonyl (C=O) groups excluding carboxylic acids is 2. The summed E-state index contributed by atoms with van der Waals surface area (Å²) in [4.78, 5) is 23.9. The van der Waals surface area contributed by atoms with Crippen LogP contribution in [0.4, 0.5) is 17.1 Å². The molecule has 3 N–H and O–H groups in total. The van der Waals surface area contributed by atoms with Gasteiger partial charge in [0.25, 0.3) is 0 Å². The molecule has 0 aliphatic heterocycles. The summed E-state index contributed by atoms with van der Waals surface area (Å²) in [7, 11) is 0. The van der Waals surface area contributed by atoms with Gasteiger partial charge >= 0.3 is 0 Å². The topological polar surface area (TPSA) is 70.2 Å². The van der Waals surface area contributed by atoms with E-state index in [2.05, 4.69) is 28.1 Å². The van der Waals surface area contributed by atoms with E-state index in [9.17, 15) is 9.59 Å². The Morgan fingerprint density at radius 3 is 1.96 bits per heavy atom. The maximum atomic E-state index is 12.2. The summed E-state index contributed by atoms with van der Waals surface area (Å²) < 4.78 is 0. The summed E-state index contributed by atoms with van der Waals surface area (Å²) in [6, 6.07) is 11.4. The van der Waals surface area contributed by atoms with E-state index in [-0.39, 0.29) is 24.3 Å². The van der Waals surface area contributed by atoms with E-state index in [4.69, 9.17) is 0 Å². The van der Waals surface area contributed by atoms with Crippen LogP contribution >= 0.6 is 0 Å². The summed E-state index contributed by atoms with van der Waals surface area (Å²) in [6.07, 6.45) is 0. The molecule has 0 aliphatic carbocycles. The van der Waals surface area contributed by atoms with Crippen LogP contribution in [0.15, 0.2) is 36.4 Å². The molecule has 0 aromatic heterocycles. The minimum atomic E-state index is -0.0998. The number of rotatable bonds is 6. The Kier molecular flexibility index (Phi) is 6.39. The highest BCUT2D eigenvalue weighted by Gasteiger charge is 2.09. The van der Waals surface area contributed by atoms with Crippen molar-refractivity contribution in [2.24, 2.45) is 5.92 Å². The van der Waals surface area contributed by atoms with Crippen LogP contribution in [0.1, 0.15) is 30.5 Å². The largest absolute Gasteiger partial charge is 0.376 e. The number of benzene rings is 2. The molecule has 138 valence electrons. The van der Waals surface area contributed by atoms with E-state index in [1.165, 1.54) is 5.56 Å². The van der Waals surface area contributed by atoms with E-state index in [1.54, 1.807) is 0 Å². The number of nitrogens with one attached hydrogen (secondary N) is 3. The highest BCUT2D eigenvalue weighted by Crippen LogP contribution is 2.22. The zero-order valence-corrected chi connectivity index (χ0v) is 16.1. The first kappa shape index (κ1) is 19.5. The first-order chi connectivity index (χ1) is 12.3. The monoisotopic (exact) mass is 353 g/mol. The predicted molar refractivity (Wildman–Crippen MR) is 108 cm³/mol. The Labute approximate surface area is 155 Å². The van der Waals surface area contributed by atoms with Crippen LogP contribution in [-0.4, -0.2) is 18.4 Å². The molecule has 0 radical (unpaired) electrons. The van der Waals surface area contributed by atoms with Gasteiger partial charge in [-0.05, 0) is 56.2 Å².